The van der Waals surface area contributed by atoms with Crippen LogP contribution in [0.3, 0.4) is 0 Å². The molecule has 0 amide bonds. The molecule has 77 heavy (non-hydrogen) atoms. The fourth-order valence-electron chi connectivity index (χ4n) is 7.80. The average molecular weight is 1460 g/mol. The van der Waals surface area contributed by atoms with Gasteiger partial charge in [-0.3, -0.25) is 0 Å². The molecule has 6 aromatic heterocycles. The second-order valence-electron chi connectivity index (χ2n) is 17.5. The monoisotopic (exact) mass is 1460 g/mol. The third-order valence-corrected chi connectivity index (χ3v) is 14.9. The summed E-state index contributed by atoms with van der Waals surface area (Å²) < 4.78 is 15.7. The van der Waals surface area contributed by atoms with E-state index in [0.717, 1.165) is 50.5 Å². The first-order chi connectivity index (χ1) is 36.8. The summed E-state index contributed by atoms with van der Waals surface area (Å²) >= 11 is 7.03. The van der Waals surface area contributed by atoms with E-state index in [1.54, 1.807) is 41.3 Å². The zero-order valence-electron chi connectivity index (χ0n) is 42.2. The quantitative estimate of drug-likeness (QED) is 0.122. The summed E-state index contributed by atoms with van der Waals surface area (Å²) in [6.45, 7) is 6.13. The standard InChI is InChI=1S/C19H12NS.C16H17BNO2.2C11H8N.C8H5BrS.2Ir/c1-2-10-19-16(8-1)17(13-21-19)14-6-5-7-15(12-14)18-9-3-4-11-20-18;1-12-16(2,3)20-17(19-12)14-8-6-7-13(11-14)15-9-4-5-10-18-15;2*1-2-6-10(7-3-1)11-8-4-5-9-12-11;9-7-5-10-8-4-2-1-3-6(7)8;;/h1-6,8-13H;4-6,8-12H,1-3H3;2*1-6,8-9H;1-5H;;/q4*-1;;;. The van der Waals surface area contributed by atoms with Crippen molar-refractivity contribution in [2.75, 3.05) is 0 Å². The van der Waals surface area contributed by atoms with Gasteiger partial charge in [-0.15, -0.1) is 160 Å². The Kier molecular flexibility index (Phi) is 22.2. The molecule has 7 heterocycles. The second kappa shape index (κ2) is 29.4. The van der Waals surface area contributed by atoms with Gasteiger partial charge in [0.05, 0.1) is 11.7 Å². The largest absolute Gasteiger partial charge is 0.475 e. The number of hydrogen-bond donors (Lipinski definition) is 0. The Morgan fingerprint density at radius 3 is 1.40 bits per heavy atom. The average Bonchev–Trinajstić information content (AvgIpc) is 4.20. The Morgan fingerprint density at radius 1 is 0.481 bits per heavy atom. The van der Waals surface area contributed by atoms with Crippen LogP contribution >= 0.6 is 38.6 Å². The Morgan fingerprint density at radius 2 is 0.922 bits per heavy atom. The molecule has 0 spiro atoms. The van der Waals surface area contributed by atoms with E-state index in [2.05, 4.69) is 132 Å². The summed E-state index contributed by atoms with van der Waals surface area (Å²) in [4.78, 5) is 17.2. The van der Waals surface area contributed by atoms with Crippen LogP contribution in [0, 0.1) is 24.3 Å². The van der Waals surface area contributed by atoms with Crippen LogP contribution in [0.15, 0.2) is 246 Å². The van der Waals surface area contributed by atoms with Crippen molar-refractivity contribution >= 4 is 71.4 Å². The van der Waals surface area contributed by atoms with Crippen molar-refractivity contribution in [3.05, 3.63) is 271 Å². The van der Waals surface area contributed by atoms with Gasteiger partial charge in [0.2, 0.25) is 0 Å². The normalized spacial score (nSPS) is 12.8. The number of thiophene rings is 2. The maximum Gasteiger partial charge on any atom is 0.475 e. The van der Waals surface area contributed by atoms with Gasteiger partial charge in [-0.05, 0) is 112 Å². The molecule has 6 aromatic carbocycles. The summed E-state index contributed by atoms with van der Waals surface area (Å²) in [5.74, 6) is 0. The second-order valence-corrected chi connectivity index (χ2v) is 20.2. The van der Waals surface area contributed by atoms with Gasteiger partial charge in [0, 0.05) is 89.6 Å². The number of halogens is 1. The molecule has 0 N–H and O–H groups in total. The number of rotatable bonds is 6. The first kappa shape index (κ1) is 58.3. The Hall–Kier alpha value is -6.40. The summed E-state index contributed by atoms with van der Waals surface area (Å²) in [5.41, 5.74) is 11.1. The molecule has 1 unspecified atom stereocenters. The van der Waals surface area contributed by atoms with Crippen LogP contribution in [0.25, 0.3) is 76.3 Å². The number of fused-ring (bicyclic) bond motifs is 2. The molecule has 1 atom stereocenters. The number of nitrogens with zero attached hydrogens (tertiary/aromatic N) is 4. The molecule has 0 aliphatic carbocycles. The minimum Gasteiger partial charge on any atom is -0.403 e. The fraction of sp³-hybridized carbons (Fsp3) is 0.0769. The SMILES string of the molecule is Brc1csc2ccccc12.CC1OB(c2cc[c-]c(-c3ccccn3)c2)OC1(C)C.[Ir].[Ir].[c-]1ccc(-c2csc3ccccc23)cc1-c1ccccn1.[c-]1ccccc1-c1ccccn1.[c-]1ccccc1-c1ccccn1. The molecule has 2 radical (unpaired) electrons. The van der Waals surface area contributed by atoms with Crippen molar-refractivity contribution in [3.63, 3.8) is 0 Å². The van der Waals surface area contributed by atoms with E-state index in [1.165, 1.54) is 35.8 Å². The van der Waals surface area contributed by atoms with Gasteiger partial charge in [-0.1, -0.05) is 90.5 Å². The van der Waals surface area contributed by atoms with Crippen molar-refractivity contribution < 1.29 is 49.5 Å². The molecule has 1 aliphatic rings. The van der Waals surface area contributed by atoms with Crippen molar-refractivity contribution in [1.82, 2.24) is 19.9 Å². The van der Waals surface area contributed by atoms with E-state index in [9.17, 15) is 0 Å². The fourth-order valence-corrected chi connectivity index (χ4v) is 10.3. The van der Waals surface area contributed by atoms with E-state index < -0.39 is 0 Å². The van der Waals surface area contributed by atoms with E-state index >= 15 is 0 Å². The zero-order valence-corrected chi connectivity index (χ0v) is 50.2. The van der Waals surface area contributed by atoms with Crippen LogP contribution in [0.4, 0.5) is 0 Å². The van der Waals surface area contributed by atoms with E-state index in [0.29, 0.717) is 0 Å². The Balaban J connectivity index is 0.000000143. The first-order valence-corrected chi connectivity index (χ1v) is 26.9. The van der Waals surface area contributed by atoms with Crippen molar-refractivity contribution in [3.8, 4) is 56.2 Å². The topological polar surface area (TPSA) is 70.0 Å². The Bertz CT molecular complexity index is 3490. The Labute approximate surface area is 495 Å². The molecule has 13 rings (SSSR count). The van der Waals surface area contributed by atoms with Gasteiger partial charge in [0.25, 0.3) is 0 Å². The third-order valence-electron chi connectivity index (χ3n) is 12.0. The van der Waals surface area contributed by atoms with Gasteiger partial charge in [0.1, 0.15) is 0 Å². The van der Waals surface area contributed by atoms with E-state index in [1.807, 2.05) is 173 Å². The molecule has 6 nitrogen and oxygen atoms in total. The van der Waals surface area contributed by atoms with Gasteiger partial charge < -0.3 is 29.2 Å². The number of aromatic nitrogens is 4. The van der Waals surface area contributed by atoms with E-state index in [-0.39, 0.29) is 59.0 Å². The summed E-state index contributed by atoms with van der Waals surface area (Å²) in [5, 5.41) is 6.96. The predicted octanol–water partition coefficient (Wildman–Crippen LogP) is 16.6. The van der Waals surface area contributed by atoms with Crippen LogP contribution in [0.1, 0.15) is 20.8 Å². The molecule has 0 saturated carbocycles. The molecule has 386 valence electrons. The summed E-state index contributed by atoms with van der Waals surface area (Å²) in [6, 6.07) is 80.9. The maximum absolute atomic E-state index is 5.98. The molecule has 1 saturated heterocycles. The number of hydrogen-bond acceptors (Lipinski definition) is 8. The molecular formula is C65H50BBrIr2N4O2S2-4. The molecule has 12 heteroatoms. The molecule has 12 aromatic rings. The van der Waals surface area contributed by atoms with Gasteiger partial charge in [-0.2, -0.15) is 0 Å². The summed E-state index contributed by atoms with van der Waals surface area (Å²) in [7, 11) is -0.322. The minimum atomic E-state index is -0.322. The molecule has 0 bridgehead atoms. The maximum atomic E-state index is 5.98. The van der Waals surface area contributed by atoms with Crippen molar-refractivity contribution in [1.29, 1.82) is 0 Å². The zero-order chi connectivity index (χ0) is 51.7. The van der Waals surface area contributed by atoms with Crippen molar-refractivity contribution in [2.45, 2.75) is 32.5 Å². The van der Waals surface area contributed by atoms with Gasteiger partial charge in [0.15, 0.2) is 0 Å². The van der Waals surface area contributed by atoms with E-state index in [4.69, 9.17) is 9.31 Å². The minimum absolute atomic E-state index is 0. The van der Waals surface area contributed by atoms with Crippen molar-refractivity contribution in [2.24, 2.45) is 0 Å². The molecular weight excluding hydrogens is 1410 g/mol. The van der Waals surface area contributed by atoms with Crippen LogP contribution in [0.5, 0.6) is 0 Å². The smallest absolute Gasteiger partial charge is 0.403 e. The summed E-state index contributed by atoms with van der Waals surface area (Å²) in [6.07, 6.45) is 7.24. The number of benzene rings is 6. The van der Waals surface area contributed by atoms with Crippen LogP contribution < -0.4 is 5.46 Å². The molecule has 1 fully saturated rings. The van der Waals surface area contributed by atoms with Crippen LogP contribution in [-0.2, 0) is 49.5 Å². The van der Waals surface area contributed by atoms with Crippen LogP contribution in [0.2, 0.25) is 0 Å². The third kappa shape index (κ3) is 16.1. The molecule has 1 aliphatic heterocycles. The van der Waals surface area contributed by atoms with Crippen LogP contribution in [-0.4, -0.2) is 38.8 Å². The number of pyridine rings is 4. The predicted molar refractivity (Wildman–Crippen MR) is 315 cm³/mol. The van der Waals surface area contributed by atoms with Gasteiger partial charge in [-0.25, -0.2) is 0 Å². The first-order valence-electron chi connectivity index (χ1n) is 24.3. The van der Waals surface area contributed by atoms with Gasteiger partial charge >= 0.3 is 7.12 Å².